The largest absolute Gasteiger partial charge is 0.352 e. The quantitative estimate of drug-likeness (QED) is 0.455. The number of hydrogen-bond acceptors (Lipinski definition) is 4. The first kappa shape index (κ1) is 16.9. The first-order valence-electron chi connectivity index (χ1n) is 6.67. The second-order valence-electron chi connectivity index (χ2n) is 6.03. The van der Waals surface area contributed by atoms with E-state index in [1.165, 1.54) is 6.08 Å². The van der Waals surface area contributed by atoms with Crippen LogP contribution in [0.1, 0.15) is 27.7 Å². The van der Waals surface area contributed by atoms with Crippen molar-refractivity contribution in [1.82, 2.24) is 15.1 Å². The third-order valence-electron chi connectivity index (χ3n) is 3.42. The maximum atomic E-state index is 11.9. The molecule has 0 aromatic carbocycles. The molecule has 0 bridgehead atoms. The number of nitrogens with zero attached hydrogens (tertiary/aromatic N) is 2. The van der Waals surface area contributed by atoms with Crippen LogP contribution < -0.4 is 5.32 Å². The molecule has 1 aliphatic heterocycles. The average molecular weight is 295 g/mol. The van der Waals surface area contributed by atoms with Crippen molar-refractivity contribution in [2.75, 3.05) is 13.1 Å². The van der Waals surface area contributed by atoms with E-state index in [9.17, 15) is 19.2 Å². The van der Waals surface area contributed by atoms with Gasteiger partial charge in [-0.05, 0) is 12.3 Å². The standard InChI is InChI=1S/C14H21N3O4/c1-6-7-16-11(19)12(20)17(13(16)21)8-10(18)15-9(2)14(3,4)5/h6,9H,1,7-8H2,2-5H3,(H,15,18). The van der Waals surface area contributed by atoms with Crippen LogP contribution in [0.4, 0.5) is 4.79 Å². The molecule has 1 N–H and O–H groups in total. The van der Waals surface area contributed by atoms with Crippen molar-refractivity contribution in [3.8, 4) is 0 Å². The van der Waals surface area contributed by atoms with Gasteiger partial charge in [-0.25, -0.2) is 9.69 Å². The molecule has 0 aromatic heterocycles. The Morgan fingerprint density at radius 1 is 1.24 bits per heavy atom. The highest BCUT2D eigenvalue weighted by Crippen LogP contribution is 2.18. The van der Waals surface area contributed by atoms with E-state index in [1.54, 1.807) is 0 Å². The van der Waals surface area contributed by atoms with Crippen LogP contribution in [0.3, 0.4) is 0 Å². The predicted molar refractivity (Wildman–Crippen MR) is 76.1 cm³/mol. The lowest BCUT2D eigenvalue weighted by Crippen LogP contribution is -2.47. The molecule has 1 atom stereocenters. The van der Waals surface area contributed by atoms with E-state index in [-0.39, 0.29) is 18.0 Å². The summed E-state index contributed by atoms with van der Waals surface area (Å²) in [5.74, 6) is -2.40. The van der Waals surface area contributed by atoms with E-state index >= 15 is 0 Å². The highest BCUT2D eigenvalue weighted by atomic mass is 16.2. The zero-order valence-electron chi connectivity index (χ0n) is 12.8. The summed E-state index contributed by atoms with van der Waals surface area (Å²) in [5.41, 5.74) is -0.153. The van der Waals surface area contributed by atoms with Crippen LogP contribution in [0.15, 0.2) is 12.7 Å². The first-order chi connectivity index (χ1) is 9.59. The summed E-state index contributed by atoms with van der Waals surface area (Å²) in [6.45, 7) is 10.6. The van der Waals surface area contributed by atoms with Gasteiger partial charge >= 0.3 is 17.8 Å². The molecule has 0 aliphatic carbocycles. The van der Waals surface area contributed by atoms with Gasteiger partial charge in [0.25, 0.3) is 0 Å². The lowest BCUT2D eigenvalue weighted by molar-refractivity contribution is -0.143. The molecular weight excluding hydrogens is 274 g/mol. The number of urea groups is 1. The van der Waals surface area contributed by atoms with Crippen molar-refractivity contribution < 1.29 is 19.2 Å². The van der Waals surface area contributed by atoms with E-state index in [0.717, 1.165) is 4.90 Å². The van der Waals surface area contributed by atoms with Gasteiger partial charge in [0.15, 0.2) is 0 Å². The summed E-state index contributed by atoms with van der Waals surface area (Å²) in [7, 11) is 0. The Hall–Kier alpha value is -2.18. The molecule has 1 saturated heterocycles. The number of carbonyl (C=O) groups excluding carboxylic acids is 4. The third-order valence-corrected chi connectivity index (χ3v) is 3.42. The second kappa shape index (κ2) is 6.07. The Morgan fingerprint density at radius 3 is 2.24 bits per heavy atom. The zero-order valence-corrected chi connectivity index (χ0v) is 12.8. The molecule has 5 amide bonds. The van der Waals surface area contributed by atoms with E-state index in [4.69, 9.17) is 0 Å². The average Bonchev–Trinajstić information content (AvgIpc) is 2.55. The number of rotatable bonds is 5. The molecular formula is C14H21N3O4. The molecule has 0 spiro atoms. The highest BCUT2D eigenvalue weighted by Gasteiger charge is 2.44. The molecule has 1 heterocycles. The summed E-state index contributed by atoms with van der Waals surface area (Å²) in [6.07, 6.45) is 1.34. The summed E-state index contributed by atoms with van der Waals surface area (Å²) < 4.78 is 0. The van der Waals surface area contributed by atoms with E-state index in [2.05, 4.69) is 11.9 Å². The zero-order chi connectivity index (χ0) is 16.4. The summed E-state index contributed by atoms with van der Waals surface area (Å²) >= 11 is 0. The van der Waals surface area contributed by atoms with Crippen molar-refractivity contribution in [1.29, 1.82) is 0 Å². The Balaban J connectivity index is 2.73. The summed E-state index contributed by atoms with van der Waals surface area (Å²) in [4.78, 5) is 48.6. The minimum atomic E-state index is -0.986. The highest BCUT2D eigenvalue weighted by molar-refractivity contribution is 6.45. The Morgan fingerprint density at radius 2 is 1.76 bits per heavy atom. The molecule has 0 radical (unpaired) electrons. The molecule has 7 nitrogen and oxygen atoms in total. The smallest absolute Gasteiger partial charge is 0.335 e. The van der Waals surface area contributed by atoms with Gasteiger partial charge in [-0.3, -0.25) is 19.3 Å². The molecule has 116 valence electrons. The Labute approximate surface area is 124 Å². The molecule has 1 unspecified atom stereocenters. The Bertz CT molecular complexity index is 493. The molecule has 1 rings (SSSR count). The molecule has 7 heteroatoms. The monoisotopic (exact) mass is 295 g/mol. The number of imide groups is 2. The molecule has 21 heavy (non-hydrogen) atoms. The van der Waals surface area contributed by atoms with E-state index < -0.39 is 30.3 Å². The normalized spacial score (nSPS) is 17.2. The summed E-state index contributed by atoms with van der Waals surface area (Å²) in [6, 6.07) is -0.929. The van der Waals surface area contributed by atoms with Crippen molar-refractivity contribution in [3.63, 3.8) is 0 Å². The SMILES string of the molecule is C=CCN1C(=O)C(=O)N(CC(=O)NC(C)C(C)(C)C)C1=O. The van der Waals surface area contributed by atoms with E-state index in [0.29, 0.717) is 4.90 Å². The molecule has 1 aliphatic rings. The van der Waals surface area contributed by atoms with Crippen molar-refractivity contribution >= 4 is 23.8 Å². The van der Waals surface area contributed by atoms with Gasteiger partial charge in [-0.15, -0.1) is 6.58 Å². The fourth-order valence-corrected chi connectivity index (χ4v) is 1.63. The maximum absolute atomic E-state index is 11.9. The van der Waals surface area contributed by atoms with Gasteiger partial charge < -0.3 is 5.32 Å². The van der Waals surface area contributed by atoms with Gasteiger partial charge in [0.2, 0.25) is 5.91 Å². The van der Waals surface area contributed by atoms with Gasteiger partial charge in [0.05, 0.1) is 0 Å². The third kappa shape index (κ3) is 3.68. The van der Waals surface area contributed by atoms with Crippen molar-refractivity contribution in [2.45, 2.75) is 33.7 Å². The first-order valence-corrected chi connectivity index (χ1v) is 6.67. The maximum Gasteiger partial charge on any atom is 0.335 e. The minimum Gasteiger partial charge on any atom is -0.352 e. The molecule has 0 aromatic rings. The van der Waals surface area contributed by atoms with Crippen LogP contribution in [-0.4, -0.2) is 52.7 Å². The number of carbonyl (C=O) groups is 4. The summed E-state index contributed by atoms with van der Waals surface area (Å²) in [5, 5.41) is 2.71. The van der Waals surface area contributed by atoms with Gasteiger partial charge in [0.1, 0.15) is 6.54 Å². The van der Waals surface area contributed by atoms with Gasteiger partial charge in [-0.1, -0.05) is 26.8 Å². The lowest BCUT2D eigenvalue weighted by Gasteiger charge is -2.28. The van der Waals surface area contributed by atoms with Crippen LogP contribution in [-0.2, 0) is 14.4 Å². The van der Waals surface area contributed by atoms with Gasteiger partial charge in [-0.2, -0.15) is 0 Å². The van der Waals surface area contributed by atoms with Gasteiger partial charge in [0, 0.05) is 12.6 Å². The number of nitrogens with one attached hydrogen (secondary N) is 1. The fourth-order valence-electron chi connectivity index (χ4n) is 1.63. The van der Waals surface area contributed by atoms with Crippen LogP contribution in [0.25, 0.3) is 0 Å². The van der Waals surface area contributed by atoms with Crippen LogP contribution in [0.2, 0.25) is 0 Å². The fraction of sp³-hybridized carbons (Fsp3) is 0.571. The molecule has 0 saturated carbocycles. The second-order valence-corrected chi connectivity index (χ2v) is 6.03. The topological polar surface area (TPSA) is 86.8 Å². The predicted octanol–water partition coefficient (Wildman–Crippen LogP) is 0.514. The van der Waals surface area contributed by atoms with Crippen LogP contribution in [0.5, 0.6) is 0 Å². The minimum absolute atomic E-state index is 0.0556. The number of hydrogen-bond donors (Lipinski definition) is 1. The lowest BCUT2D eigenvalue weighted by atomic mass is 9.88. The van der Waals surface area contributed by atoms with Crippen LogP contribution in [0, 0.1) is 5.41 Å². The number of amides is 5. The van der Waals surface area contributed by atoms with Crippen LogP contribution >= 0.6 is 0 Å². The van der Waals surface area contributed by atoms with Crippen molar-refractivity contribution in [2.24, 2.45) is 5.41 Å². The van der Waals surface area contributed by atoms with E-state index in [1.807, 2.05) is 27.7 Å². The van der Waals surface area contributed by atoms with Crippen molar-refractivity contribution in [3.05, 3.63) is 12.7 Å². The Kier molecular flexibility index (Phi) is 4.88. The molecule has 1 fully saturated rings.